The quantitative estimate of drug-likeness (QED) is 0.615. The van der Waals surface area contributed by atoms with Crippen molar-refractivity contribution in [3.05, 3.63) is 56.2 Å². The van der Waals surface area contributed by atoms with Crippen LogP contribution in [0.25, 0.3) is 0 Å². The number of nitrogens with zero attached hydrogens (tertiary/aromatic N) is 3. The minimum atomic E-state index is -0.643. The van der Waals surface area contributed by atoms with Crippen LogP contribution in [0.4, 0.5) is 5.69 Å². The van der Waals surface area contributed by atoms with Crippen LogP contribution < -0.4 is 11.2 Å². The summed E-state index contributed by atoms with van der Waals surface area (Å²) >= 11 is 0. The Morgan fingerprint density at radius 1 is 1.20 bits per heavy atom. The molecular formula is C17H19N3O5. The molecule has 1 N–H and O–H groups in total. The summed E-state index contributed by atoms with van der Waals surface area (Å²) in [5, 5.41) is 9.96. The van der Waals surface area contributed by atoms with Crippen molar-refractivity contribution in [1.82, 2.24) is 9.13 Å². The third-order valence-corrected chi connectivity index (χ3v) is 3.73. The van der Waals surface area contributed by atoms with Crippen molar-refractivity contribution in [2.24, 2.45) is 19.1 Å². The fourth-order valence-corrected chi connectivity index (χ4v) is 2.18. The Labute approximate surface area is 143 Å². The molecule has 0 radical (unpaired) electrons. The van der Waals surface area contributed by atoms with Gasteiger partial charge in [0.05, 0.1) is 12.3 Å². The molecule has 2 aromatic rings. The van der Waals surface area contributed by atoms with Gasteiger partial charge in [-0.2, -0.15) is 0 Å². The molecule has 2 rings (SSSR count). The first-order valence-corrected chi connectivity index (χ1v) is 7.52. The Morgan fingerprint density at radius 3 is 2.44 bits per heavy atom. The highest BCUT2D eigenvalue weighted by molar-refractivity contribution is 5.96. The number of methoxy groups -OCH3 is 1. The fourth-order valence-electron chi connectivity index (χ4n) is 2.18. The zero-order chi connectivity index (χ0) is 18.6. The number of ether oxygens (including phenoxy) is 1. The number of carbonyl (C=O) groups excluding carboxylic acids is 1. The predicted octanol–water partition coefficient (Wildman–Crippen LogP) is 0.759. The second kappa shape index (κ2) is 7.71. The van der Waals surface area contributed by atoms with Gasteiger partial charge in [0.2, 0.25) is 5.88 Å². The van der Waals surface area contributed by atoms with Crippen molar-refractivity contribution < 1.29 is 14.6 Å². The fraction of sp³-hybridized carbons (Fsp3) is 0.294. The molecule has 0 aliphatic carbocycles. The standard InChI is InChI=1S/C17H19N3O5/c1-19-15(22)13(16(23)20(2)17(19)24)10-18-12-6-4-11(5-7-12)14(21)8-9-25-3/h4-7,10,22H,8-9H2,1-3H3. The second-order valence-electron chi connectivity index (χ2n) is 5.41. The summed E-state index contributed by atoms with van der Waals surface area (Å²) in [5.41, 5.74) is -0.324. The smallest absolute Gasteiger partial charge is 0.333 e. The second-order valence-corrected chi connectivity index (χ2v) is 5.41. The average Bonchev–Trinajstić information content (AvgIpc) is 2.63. The van der Waals surface area contributed by atoms with E-state index in [0.29, 0.717) is 24.3 Å². The molecule has 25 heavy (non-hydrogen) atoms. The van der Waals surface area contributed by atoms with E-state index in [1.165, 1.54) is 27.4 Å². The maximum atomic E-state index is 12.1. The van der Waals surface area contributed by atoms with E-state index in [9.17, 15) is 19.5 Å². The molecule has 0 saturated heterocycles. The Kier molecular flexibility index (Phi) is 5.66. The number of carbonyl (C=O) groups is 1. The molecule has 8 nitrogen and oxygen atoms in total. The number of aromatic hydroxyl groups is 1. The minimum absolute atomic E-state index is 0.0399. The van der Waals surface area contributed by atoms with Crippen molar-refractivity contribution in [3.63, 3.8) is 0 Å². The Morgan fingerprint density at radius 2 is 1.84 bits per heavy atom. The SMILES string of the molecule is COCCC(=O)c1ccc(N=Cc2c(O)n(C)c(=O)n(C)c2=O)cc1. The lowest BCUT2D eigenvalue weighted by Gasteiger charge is -2.07. The molecule has 1 aromatic carbocycles. The van der Waals surface area contributed by atoms with Crippen LogP contribution in [0.2, 0.25) is 0 Å². The summed E-state index contributed by atoms with van der Waals surface area (Å²) in [6, 6.07) is 6.51. The molecule has 0 spiro atoms. The van der Waals surface area contributed by atoms with Crippen molar-refractivity contribution in [2.75, 3.05) is 13.7 Å². The van der Waals surface area contributed by atoms with Crippen LogP contribution in [0.5, 0.6) is 5.88 Å². The summed E-state index contributed by atoms with van der Waals surface area (Å²) in [5.74, 6) is -0.495. The van der Waals surface area contributed by atoms with E-state index in [1.54, 1.807) is 24.3 Å². The maximum Gasteiger partial charge on any atom is 0.333 e. The lowest BCUT2D eigenvalue weighted by molar-refractivity contribution is 0.0932. The Hall–Kier alpha value is -3.00. The Bertz CT molecular complexity index is 923. The number of aromatic nitrogens is 2. The summed E-state index contributed by atoms with van der Waals surface area (Å²) in [6.45, 7) is 0.355. The Balaban J connectivity index is 2.28. The van der Waals surface area contributed by atoms with Gasteiger partial charge in [-0.3, -0.25) is 23.7 Å². The largest absolute Gasteiger partial charge is 0.494 e. The van der Waals surface area contributed by atoms with Crippen molar-refractivity contribution in [2.45, 2.75) is 6.42 Å². The number of Topliss-reactive ketones (excluding diaryl/α,β-unsaturated/α-hetero) is 1. The van der Waals surface area contributed by atoms with E-state index >= 15 is 0 Å². The third-order valence-electron chi connectivity index (χ3n) is 3.73. The zero-order valence-electron chi connectivity index (χ0n) is 14.2. The van der Waals surface area contributed by atoms with Crippen LogP contribution in [0.1, 0.15) is 22.3 Å². The monoisotopic (exact) mass is 345 g/mol. The number of benzene rings is 1. The van der Waals surface area contributed by atoms with Gasteiger partial charge in [-0.15, -0.1) is 0 Å². The van der Waals surface area contributed by atoms with E-state index in [2.05, 4.69) is 4.99 Å². The number of hydrogen-bond acceptors (Lipinski definition) is 6. The normalized spacial score (nSPS) is 11.2. The summed E-state index contributed by atoms with van der Waals surface area (Å²) < 4.78 is 6.72. The van der Waals surface area contributed by atoms with Gasteiger partial charge in [-0.05, 0) is 24.3 Å². The maximum absolute atomic E-state index is 12.1. The van der Waals surface area contributed by atoms with Crippen molar-refractivity contribution >= 4 is 17.7 Å². The minimum Gasteiger partial charge on any atom is -0.494 e. The molecule has 0 amide bonds. The molecule has 1 heterocycles. The summed E-state index contributed by atoms with van der Waals surface area (Å²) in [7, 11) is 4.21. The van der Waals surface area contributed by atoms with Gasteiger partial charge in [0, 0.05) is 39.4 Å². The van der Waals surface area contributed by atoms with Gasteiger partial charge in [0.25, 0.3) is 5.56 Å². The van der Waals surface area contributed by atoms with Crippen LogP contribution in [-0.4, -0.2) is 40.0 Å². The van der Waals surface area contributed by atoms with Crippen LogP contribution in [0, 0.1) is 0 Å². The number of ketones is 1. The third kappa shape index (κ3) is 3.92. The summed E-state index contributed by atoms with van der Waals surface area (Å²) in [6.07, 6.45) is 1.49. The average molecular weight is 345 g/mol. The molecular weight excluding hydrogens is 326 g/mol. The van der Waals surface area contributed by atoms with Crippen molar-refractivity contribution in [3.8, 4) is 5.88 Å². The first kappa shape index (κ1) is 18.3. The first-order chi connectivity index (χ1) is 11.9. The van der Waals surface area contributed by atoms with Crippen molar-refractivity contribution in [1.29, 1.82) is 0 Å². The van der Waals surface area contributed by atoms with Gasteiger partial charge < -0.3 is 9.84 Å². The molecule has 0 bridgehead atoms. The van der Waals surface area contributed by atoms with E-state index in [-0.39, 0.29) is 11.3 Å². The topological polar surface area (TPSA) is 103 Å². The lowest BCUT2D eigenvalue weighted by atomic mass is 10.1. The molecule has 0 aliphatic heterocycles. The van der Waals surface area contributed by atoms with E-state index in [0.717, 1.165) is 9.13 Å². The highest BCUT2D eigenvalue weighted by Crippen LogP contribution is 2.15. The highest BCUT2D eigenvalue weighted by Gasteiger charge is 2.12. The van der Waals surface area contributed by atoms with Gasteiger partial charge in [-0.1, -0.05) is 0 Å². The molecule has 0 atom stereocenters. The lowest BCUT2D eigenvalue weighted by Crippen LogP contribution is -2.38. The van der Waals surface area contributed by atoms with E-state index in [1.807, 2.05) is 0 Å². The first-order valence-electron chi connectivity index (χ1n) is 7.52. The van der Waals surface area contributed by atoms with E-state index in [4.69, 9.17) is 4.74 Å². The van der Waals surface area contributed by atoms with Crippen LogP contribution >= 0.6 is 0 Å². The number of aliphatic imine (C=N–C) groups is 1. The molecule has 0 unspecified atom stereocenters. The molecule has 0 aliphatic rings. The predicted molar refractivity (Wildman–Crippen MR) is 93.1 cm³/mol. The van der Waals surface area contributed by atoms with Crippen LogP contribution in [0.15, 0.2) is 38.8 Å². The van der Waals surface area contributed by atoms with Gasteiger partial charge in [0.1, 0.15) is 5.56 Å². The molecule has 8 heteroatoms. The molecule has 0 saturated carbocycles. The molecule has 132 valence electrons. The van der Waals surface area contributed by atoms with Gasteiger partial charge in [0.15, 0.2) is 5.78 Å². The van der Waals surface area contributed by atoms with E-state index < -0.39 is 17.1 Å². The molecule has 1 aromatic heterocycles. The van der Waals surface area contributed by atoms with Gasteiger partial charge >= 0.3 is 5.69 Å². The van der Waals surface area contributed by atoms with Crippen LogP contribution in [-0.2, 0) is 18.8 Å². The van der Waals surface area contributed by atoms with Gasteiger partial charge in [-0.25, -0.2) is 4.79 Å². The number of rotatable bonds is 6. The molecule has 0 fully saturated rings. The number of hydrogen-bond donors (Lipinski definition) is 1. The summed E-state index contributed by atoms with van der Waals surface area (Å²) in [4.78, 5) is 39.7. The highest BCUT2D eigenvalue weighted by atomic mass is 16.5. The zero-order valence-corrected chi connectivity index (χ0v) is 14.2. The van der Waals surface area contributed by atoms with Crippen LogP contribution in [0.3, 0.4) is 0 Å².